The van der Waals surface area contributed by atoms with Crippen molar-refractivity contribution in [2.24, 2.45) is 0 Å². The highest BCUT2D eigenvalue weighted by molar-refractivity contribution is 4.84. The summed E-state index contributed by atoms with van der Waals surface area (Å²) in [6, 6.07) is 0. The van der Waals surface area contributed by atoms with E-state index >= 15 is 0 Å². The van der Waals surface area contributed by atoms with E-state index in [2.05, 4.69) is 42.3 Å². The Balaban J connectivity index is 2.24. The van der Waals surface area contributed by atoms with Gasteiger partial charge in [0.15, 0.2) is 0 Å². The van der Waals surface area contributed by atoms with Crippen molar-refractivity contribution in [3.05, 3.63) is 18.2 Å². The Kier molecular flexibility index (Phi) is 26.7. The number of rotatable bonds is 31. The molecular formula is C37H73N2+. The van der Waals surface area contributed by atoms with Crippen molar-refractivity contribution >= 4 is 0 Å². The lowest BCUT2D eigenvalue weighted by Crippen LogP contribution is -2.37. The second-order valence-corrected chi connectivity index (χ2v) is 12.7. The second-order valence-electron chi connectivity index (χ2n) is 12.7. The maximum absolute atomic E-state index is 2.62. The van der Waals surface area contributed by atoms with Gasteiger partial charge in [0.1, 0.15) is 12.4 Å². The van der Waals surface area contributed by atoms with E-state index in [1.807, 2.05) is 0 Å². The summed E-state index contributed by atoms with van der Waals surface area (Å²) in [7, 11) is 0. The predicted molar refractivity (Wildman–Crippen MR) is 175 cm³/mol. The number of hydrogen-bond donors (Lipinski definition) is 0. The van der Waals surface area contributed by atoms with Crippen LogP contribution in [0.5, 0.6) is 0 Å². The normalized spacial score (nSPS) is 11.6. The van der Waals surface area contributed by atoms with E-state index < -0.39 is 0 Å². The molecule has 0 radical (unpaired) electrons. The molecule has 0 aliphatic carbocycles. The van der Waals surface area contributed by atoms with Gasteiger partial charge in [0.2, 0.25) is 0 Å². The molecule has 1 rings (SSSR count). The average Bonchev–Trinajstić information content (AvgIpc) is 3.33. The average molecular weight is 546 g/mol. The summed E-state index contributed by atoms with van der Waals surface area (Å²) in [6.45, 7) is 9.39. The van der Waals surface area contributed by atoms with Crippen molar-refractivity contribution in [3.8, 4) is 0 Å². The molecule has 2 heteroatoms. The standard InChI is InChI=1S/C37H73N2/c1-4-7-10-13-15-17-18-19-20-21-22-24-26-29-32-37-38(33-30-27-12-9-6-3)35-36-39(37)34-31-28-25-23-16-14-11-8-5-2/h35-36H,4-34H2,1-3H3/q+1. The quantitative estimate of drug-likeness (QED) is 0.0648. The Hall–Kier alpha value is -0.790. The zero-order valence-electron chi connectivity index (χ0n) is 27.5. The summed E-state index contributed by atoms with van der Waals surface area (Å²) in [5.41, 5.74) is 0. The Morgan fingerprint density at radius 3 is 1.23 bits per heavy atom. The van der Waals surface area contributed by atoms with Gasteiger partial charge in [-0.15, -0.1) is 0 Å². The zero-order valence-corrected chi connectivity index (χ0v) is 27.5. The SMILES string of the molecule is CCCCCCCCCCCCCCCCc1n(CCCCCCCCCCC)cc[n+]1CCCCCCC. The summed E-state index contributed by atoms with van der Waals surface area (Å²) in [5.74, 6) is 1.61. The molecule has 1 aromatic rings. The summed E-state index contributed by atoms with van der Waals surface area (Å²) in [5, 5.41) is 0. The summed E-state index contributed by atoms with van der Waals surface area (Å²) < 4.78 is 5.23. The van der Waals surface area contributed by atoms with Crippen LogP contribution < -0.4 is 4.57 Å². The van der Waals surface area contributed by atoms with Crippen molar-refractivity contribution < 1.29 is 4.57 Å². The number of aryl methyl sites for hydroxylation is 2. The van der Waals surface area contributed by atoms with E-state index in [1.165, 1.54) is 199 Å². The number of nitrogens with zero attached hydrogens (tertiary/aromatic N) is 2. The highest BCUT2D eigenvalue weighted by Gasteiger charge is 2.16. The van der Waals surface area contributed by atoms with Crippen LogP contribution in [0.25, 0.3) is 0 Å². The molecule has 0 atom stereocenters. The van der Waals surface area contributed by atoms with Crippen LogP contribution in [0.4, 0.5) is 0 Å². The fraction of sp³-hybridized carbons (Fsp3) is 0.919. The number of hydrogen-bond acceptors (Lipinski definition) is 0. The topological polar surface area (TPSA) is 8.81 Å². The van der Waals surface area contributed by atoms with Gasteiger partial charge in [0.25, 0.3) is 5.82 Å². The molecule has 0 aliphatic rings. The van der Waals surface area contributed by atoms with Crippen molar-refractivity contribution in [2.75, 3.05) is 0 Å². The molecule has 0 bridgehead atoms. The fourth-order valence-electron chi connectivity index (χ4n) is 6.15. The predicted octanol–water partition coefficient (Wildman–Crippen LogP) is 12.3. The summed E-state index contributed by atoms with van der Waals surface area (Å²) in [6.07, 6.45) is 45.9. The lowest BCUT2D eigenvalue weighted by atomic mass is 10.0. The molecule has 0 spiro atoms. The molecule has 230 valence electrons. The Morgan fingerprint density at radius 1 is 0.436 bits per heavy atom. The third-order valence-electron chi connectivity index (χ3n) is 8.85. The third-order valence-corrected chi connectivity index (χ3v) is 8.85. The third kappa shape index (κ3) is 21.6. The van der Waals surface area contributed by atoms with Gasteiger partial charge in [-0.05, 0) is 32.1 Å². The molecule has 1 heterocycles. The van der Waals surface area contributed by atoms with E-state index in [1.54, 1.807) is 5.82 Å². The number of aromatic nitrogens is 2. The maximum atomic E-state index is 2.62. The molecule has 0 aliphatic heterocycles. The molecule has 0 N–H and O–H groups in total. The van der Waals surface area contributed by atoms with Gasteiger partial charge in [0, 0.05) is 6.42 Å². The van der Waals surface area contributed by atoms with E-state index in [-0.39, 0.29) is 0 Å². The molecule has 39 heavy (non-hydrogen) atoms. The summed E-state index contributed by atoms with van der Waals surface area (Å²) >= 11 is 0. The lowest BCUT2D eigenvalue weighted by molar-refractivity contribution is -0.704. The van der Waals surface area contributed by atoms with Crippen LogP contribution in [0, 0.1) is 0 Å². The first-order chi connectivity index (χ1) is 19.3. The van der Waals surface area contributed by atoms with Crippen LogP contribution >= 0.6 is 0 Å². The summed E-state index contributed by atoms with van der Waals surface area (Å²) in [4.78, 5) is 0. The van der Waals surface area contributed by atoms with E-state index in [4.69, 9.17) is 0 Å². The van der Waals surface area contributed by atoms with Crippen molar-refractivity contribution in [1.29, 1.82) is 0 Å². The first-order valence-electron chi connectivity index (χ1n) is 18.4. The van der Waals surface area contributed by atoms with Gasteiger partial charge in [-0.3, -0.25) is 0 Å². The highest BCUT2D eigenvalue weighted by atomic mass is 15.1. The smallest absolute Gasteiger partial charge is 0.234 e. The van der Waals surface area contributed by atoms with Crippen molar-refractivity contribution in [2.45, 2.75) is 220 Å². The van der Waals surface area contributed by atoms with Crippen LogP contribution in [0.1, 0.15) is 206 Å². The molecular weight excluding hydrogens is 472 g/mol. The van der Waals surface area contributed by atoms with Gasteiger partial charge in [-0.25, -0.2) is 9.13 Å². The second kappa shape index (κ2) is 28.7. The molecule has 0 aromatic carbocycles. The molecule has 0 amide bonds. The maximum Gasteiger partial charge on any atom is 0.256 e. The molecule has 1 aromatic heterocycles. The Labute approximate surface area is 247 Å². The molecule has 0 saturated heterocycles. The first-order valence-corrected chi connectivity index (χ1v) is 18.4. The van der Waals surface area contributed by atoms with Crippen molar-refractivity contribution in [1.82, 2.24) is 4.57 Å². The monoisotopic (exact) mass is 546 g/mol. The molecule has 2 nitrogen and oxygen atoms in total. The minimum absolute atomic E-state index is 1.22. The minimum atomic E-state index is 1.22. The number of unbranched alkanes of at least 4 members (excludes halogenated alkanes) is 25. The Bertz CT molecular complexity index is 605. The van der Waals surface area contributed by atoms with Gasteiger partial charge >= 0.3 is 0 Å². The lowest BCUT2D eigenvalue weighted by Gasteiger charge is -2.07. The molecule has 0 saturated carbocycles. The first kappa shape index (κ1) is 36.2. The van der Waals surface area contributed by atoms with Crippen LogP contribution in [0.15, 0.2) is 12.4 Å². The van der Waals surface area contributed by atoms with Crippen molar-refractivity contribution in [3.63, 3.8) is 0 Å². The molecule has 0 unspecified atom stereocenters. The largest absolute Gasteiger partial charge is 0.256 e. The number of imidazole rings is 1. The van der Waals surface area contributed by atoms with Crippen LogP contribution in [-0.2, 0) is 19.5 Å². The minimum Gasteiger partial charge on any atom is -0.234 e. The van der Waals surface area contributed by atoms with E-state index in [0.29, 0.717) is 0 Å². The van der Waals surface area contributed by atoms with Crippen LogP contribution in [0.2, 0.25) is 0 Å². The molecule has 0 fully saturated rings. The van der Waals surface area contributed by atoms with Crippen LogP contribution in [0.3, 0.4) is 0 Å². The van der Waals surface area contributed by atoms with E-state index in [9.17, 15) is 0 Å². The van der Waals surface area contributed by atoms with Gasteiger partial charge < -0.3 is 0 Å². The Morgan fingerprint density at radius 2 is 0.795 bits per heavy atom. The zero-order chi connectivity index (χ0) is 28.1. The fourth-order valence-corrected chi connectivity index (χ4v) is 6.15. The highest BCUT2D eigenvalue weighted by Crippen LogP contribution is 2.15. The van der Waals surface area contributed by atoms with Crippen LogP contribution in [-0.4, -0.2) is 4.57 Å². The van der Waals surface area contributed by atoms with E-state index in [0.717, 1.165) is 0 Å². The van der Waals surface area contributed by atoms with Gasteiger partial charge in [-0.1, -0.05) is 168 Å². The van der Waals surface area contributed by atoms with Gasteiger partial charge in [0.05, 0.1) is 13.1 Å². The van der Waals surface area contributed by atoms with Gasteiger partial charge in [-0.2, -0.15) is 0 Å².